The lowest BCUT2D eigenvalue weighted by atomic mass is 9.56. The number of allylic oxidation sites excluding steroid dienone is 1. The van der Waals surface area contributed by atoms with Crippen LogP contribution in [0.2, 0.25) is 5.02 Å². The molecule has 3 aliphatic rings. The van der Waals surface area contributed by atoms with E-state index >= 15 is 0 Å². The molecular weight excluding hydrogens is 510 g/mol. The fourth-order valence-electron chi connectivity index (χ4n) is 5.61. The number of aliphatic hydroxyl groups is 4. The maximum absolute atomic E-state index is 13.7. The quantitative estimate of drug-likeness (QED) is 0.206. The van der Waals surface area contributed by atoms with Gasteiger partial charge in [0.2, 0.25) is 11.7 Å². The van der Waals surface area contributed by atoms with Gasteiger partial charge >= 0.3 is 0 Å². The fourth-order valence-corrected chi connectivity index (χ4v) is 5.86. The number of carbonyl (C=O) groups is 4. The number of carbonyl (C=O) groups excluding carboxylic acids is 4. The summed E-state index contributed by atoms with van der Waals surface area (Å²) in [5, 5.41) is 57.3. The SMILES string of the molecule is C[C@H]1c2cc(Cl)c(NC(=O)CN(C)C)c(O)c2C(=O)C2=C(O)[C@]3(O)C(=O)C(C(N)=O)=C(O)C[C@@H]3[C@@H](O)[C@@H]21. The number of nitrogens with zero attached hydrogens (tertiary/aromatic N) is 1. The van der Waals surface area contributed by atoms with Crippen molar-refractivity contribution in [2.45, 2.75) is 31.0 Å². The molecule has 3 aliphatic carbocycles. The molecular formula is C24H26ClN3O9. The highest BCUT2D eigenvalue weighted by Gasteiger charge is 2.64. The average Bonchev–Trinajstić information content (AvgIpc) is 2.78. The normalized spacial score (nSPS) is 29.2. The molecule has 0 saturated heterocycles. The number of fused-ring (bicyclic) bond motifs is 3. The number of anilines is 1. The van der Waals surface area contributed by atoms with E-state index < -0.39 is 87.7 Å². The van der Waals surface area contributed by atoms with Gasteiger partial charge in [0.05, 0.1) is 23.2 Å². The first-order chi connectivity index (χ1) is 17.1. The highest BCUT2D eigenvalue weighted by molar-refractivity contribution is 6.35. The molecule has 13 heteroatoms. The van der Waals surface area contributed by atoms with Crippen molar-refractivity contribution < 1.29 is 44.7 Å². The summed E-state index contributed by atoms with van der Waals surface area (Å²) in [4.78, 5) is 52.4. The van der Waals surface area contributed by atoms with Crippen LogP contribution in [0.4, 0.5) is 5.69 Å². The number of hydrogen-bond donors (Lipinski definition) is 7. The van der Waals surface area contributed by atoms with Gasteiger partial charge in [0.1, 0.15) is 22.8 Å². The van der Waals surface area contributed by atoms with E-state index in [9.17, 15) is 44.7 Å². The number of likely N-dealkylation sites (N-methyl/N-ethyl adjacent to an activating group) is 1. The first kappa shape index (κ1) is 26.6. The molecule has 1 aromatic carbocycles. The van der Waals surface area contributed by atoms with Crippen molar-refractivity contribution in [2.75, 3.05) is 26.0 Å². The van der Waals surface area contributed by atoms with Crippen LogP contribution < -0.4 is 11.1 Å². The zero-order valence-corrected chi connectivity index (χ0v) is 20.8. The Morgan fingerprint density at radius 2 is 1.86 bits per heavy atom. The van der Waals surface area contributed by atoms with Gasteiger partial charge in [0.15, 0.2) is 17.1 Å². The molecule has 198 valence electrons. The predicted octanol–water partition coefficient (Wildman–Crippen LogP) is 0.266. The number of halogens is 1. The Kier molecular flexibility index (Phi) is 6.36. The van der Waals surface area contributed by atoms with Crippen LogP contribution in [0.25, 0.3) is 0 Å². The number of hydrogen-bond acceptors (Lipinski definition) is 10. The van der Waals surface area contributed by atoms with E-state index in [1.807, 2.05) is 0 Å². The van der Waals surface area contributed by atoms with Gasteiger partial charge in [-0.3, -0.25) is 19.2 Å². The van der Waals surface area contributed by atoms with Gasteiger partial charge in [-0.25, -0.2) is 0 Å². The van der Waals surface area contributed by atoms with Crippen molar-refractivity contribution in [3.05, 3.63) is 44.9 Å². The summed E-state index contributed by atoms with van der Waals surface area (Å²) in [6, 6.07) is 1.35. The Hall–Kier alpha value is -3.45. The third kappa shape index (κ3) is 3.71. The summed E-state index contributed by atoms with van der Waals surface area (Å²) in [6.45, 7) is 1.52. The number of benzene rings is 1. The Labute approximate surface area is 215 Å². The molecule has 0 fully saturated rings. The molecule has 0 unspecified atom stereocenters. The minimum atomic E-state index is -2.93. The first-order valence-electron chi connectivity index (χ1n) is 11.3. The monoisotopic (exact) mass is 535 g/mol. The van der Waals surface area contributed by atoms with Crippen molar-refractivity contribution in [3.63, 3.8) is 0 Å². The number of ketones is 2. The molecule has 0 heterocycles. The number of rotatable bonds is 4. The Balaban J connectivity index is 1.91. The summed E-state index contributed by atoms with van der Waals surface area (Å²) in [5.74, 6) is -10.4. The molecule has 12 nitrogen and oxygen atoms in total. The van der Waals surface area contributed by atoms with Gasteiger partial charge in [-0.15, -0.1) is 0 Å². The van der Waals surface area contributed by atoms with Crippen molar-refractivity contribution >= 4 is 40.7 Å². The van der Waals surface area contributed by atoms with Gasteiger partial charge in [-0.2, -0.15) is 0 Å². The molecule has 2 amide bonds. The molecule has 0 bridgehead atoms. The Morgan fingerprint density at radius 1 is 1.24 bits per heavy atom. The van der Waals surface area contributed by atoms with Crippen LogP contribution in [0.15, 0.2) is 28.7 Å². The van der Waals surface area contributed by atoms with E-state index in [4.69, 9.17) is 17.3 Å². The van der Waals surface area contributed by atoms with E-state index in [1.54, 1.807) is 25.9 Å². The summed E-state index contributed by atoms with van der Waals surface area (Å²) >= 11 is 6.33. The van der Waals surface area contributed by atoms with Crippen LogP contribution in [-0.2, 0) is 14.4 Å². The third-order valence-corrected chi connectivity index (χ3v) is 7.59. The van der Waals surface area contributed by atoms with E-state index in [1.165, 1.54) is 6.07 Å². The highest BCUT2D eigenvalue weighted by atomic mass is 35.5. The van der Waals surface area contributed by atoms with Crippen molar-refractivity contribution in [3.8, 4) is 5.75 Å². The van der Waals surface area contributed by atoms with Crippen LogP contribution in [0.1, 0.15) is 35.2 Å². The largest absolute Gasteiger partial charge is 0.511 e. The lowest BCUT2D eigenvalue weighted by Crippen LogP contribution is -2.62. The topological polar surface area (TPSA) is 211 Å². The van der Waals surface area contributed by atoms with Gasteiger partial charge in [0, 0.05) is 23.8 Å². The van der Waals surface area contributed by atoms with Crippen LogP contribution in [0, 0.1) is 11.8 Å². The van der Waals surface area contributed by atoms with Crippen LogP contribution in [-0.4, -0.2) is 86.2 Å². The van der Waals surface area contributed by atoms with E-state index in [0.29, 0.717) is 0 Å². The standard InChI is InChI=1S/C24H26ClN3O9/c1-7-8-4-10(25)17(27-12(30)6-28(2)3)20(33)14(8)19(32)16-13(7)18(31)9-5-11(29)15(23(26)36)21(34)24(9,37)22(16)35/h4,7,9,13,18,29,31,33,35,37H,5-6H2,1-3H3,(H2,26,36)(H,27,30)/t7-,9+,13+,18+,24+/m0/s1. The minimum absolute atomic E-state index is 0.0590. The number of nitrogens with one attached hydrogen (secondary N) is 1. The number of primary amides is 1. The second-order valence-corrected chi connectivity index (χ2v) is 10.2. The van der Waals surface area contributed by atoms with Crippen molar-refractivity contribution in [1.29, 1.82) is 0 Å². The van der Waals surface area contributed by atoms with Crippen LogP contribution in [0.3, 0.4) is 0 Å². The number of aliphatic hydroxyl groups excluding tert-OH is 3. The Morgan fingerprint density at radius 3 is 2.43 bits per heavy atom. The lowest BCUT2D eigenvalue weighted by Gasteiger charge is -2.50. The van der Waals surface area contributed by atoms with E-state index in [0.717, 1.165) is 0 Å². The molecule has 4 rings (SSSR count). The molecule has 0 aromatic heterocycles. The second kappa shape index (κ2) is 8.84. The number of aromatic hydroxyl groups is 1. The number of phenols is 1. The molecule has 8 N–H and O–H groups in total. The smallest absolute Gasteiger partial charge is 0.255 e. The molecule has 0 aliphatic heterocycles. The third-order valence-electron chi connectivity index (χ3n) is 7.30. The highest BCUT2D eigenvalue weighted by Crippen LogP contribution is 2.56. The maximum atomic E-state index is 13.7. The zero-order chi connectivity index (χ0) is 27.7. The molecule has 37 heavy (non-hydrogen) atoms. The molecule has 1 aromatic rings. The average molecular weight is 536 g/mol. The van der Waals surface area contributed by atoms with E-state index in [-0.39, 0.29) is 28.4 Å². The van der Waals surface area contributed by atoms with Gasteiger partial charge in [-0.05, 0) is 31.6 Å². The van der Waals surface area contributed by atoms with Crippen molar-refractivity contribution in [2.24, 2.45) is 17.6 Å². The van der Waals surface area contributed by atoms with Crippen LogP contribution >= 0.6 is 11.6 Å². The second-order valence-electron chi connectivity index (χ2n) is 9.82. The summed E-state index contributed by atoms with van der Waals surface area (Å²) in [7, 11) is 3.29. The molecule has 0 spiro atoms. The summed E-state index contributed by atoms with van der Waals surface area (Å²) in [5.41, 5.74) is 0.344. The maximum Gasteiger partial charge on any atom is 0.255 e. The minimum Gasteiger partial charge on any atom is -0.511 e. The molecule has 0 saturated carbocycles. The zero-order valence-electron chi connectivity index (χ0n) is 20.1. The number of Topliss-reactive ketones (excluding diaryl/α,β-unsaturated/α-hetero) is 2. The number of phenolic OH excluding ortho intramolecular Hbond substituents is 1. The van der Waals surface area contributed by atoms with Gasteiger partial charge in [-0.1, -0.05) is 18.5 Å². The number of nitrogens with two attached hydrogens (primary N) is 1. The lowest BCUT2D eigenvalue weighted by molar-refractivity contribution is -0.154. The molecule has 5 atom stereocenters. The fraction of sp³-hybridized carbons (Fsp3) is 0.417. The van der Waals surface area contributed by atoms with Crippen molar-refractivity contribution in [1.82, 2.24) is 4.90 Å². The van der Waals surface area contributed by atoms with Gasteiger partial charge in [0.25, 0.3) is 5.91 Å². The summed E-state index contributed by atoms with van der Waals surface area (Å²) in [6.07, 6.45) is -2.23. The van der Waals surface area contributed by atoms with E-state index in [2.05, 4.69) is 5.32 Å². The first-order valence-corrected chi connectivity index (χ1v) is 11.7. The number of amides is 2. The van der Waals surface area contributed by atoms with Crippen LogP contribution in [0.5, 0.6) is 5.75 Å². The Bertz CT molecular complexity index is 1330. The summed E-state index contributed by atoms with van der Waals surface area (Å²) < 4.78 is 0. The van der Waals surface area contributed by atoms with Gasteiger partial charge < -0.3 is 41.5 Å². The predicted molar refractivity (Wildman–Crippen MR) is 129 cm³/mol. The molecule has 0 radical (unpaired) electrons.